The topological polar surface area (TPSA) is 58.2 Å². The first-order valence-electron chi connectivity index (χ1n) is 8.48. The zero-order chi connectivity index (χ0) is 17.9. The van der Waals surface area contributed by atoms with Gasteiger partial charge in [0.1, 0.15) is 17.2 Å². The molecule has 0 fully saturated rings. The molecule has 1 aromatic carbocycles. The number of amides is 1. The second kappa shape index (κ2) is 7.00. The molecule has 0 saturated carbocycles. The number of H-pyrrole nitrogens is 1. The van der Waals surface area contributed by atoms with Crippen LogP contribution in [0.25, 0.3) is 16.6 Å². The zero-order valence-corrected chi connectivity index (χ0v) is 14.1. The van der Waals surface area contributed by atoms with Gasteiger partial charge in [0.15, 0.2) is 6.61 Å². The number of aromatic nitrogens is 2. The monoisotopic (exact) mass is 351 g/mol. The van der Waals surface area contributed by atoms with Crippen molar-refractivity contribution in [2.75, 3.05) is 19.7 Å². The van der Waals surface area contributed by atoms with Crippen LogP contribution < -0.4 is 4.74 Å². The lowest BCUT2D eigenvalue weighted by Gasteiger charge is -2.26. The summed E-state index contributed by atoms with van der Waals surface area (Å²) in [5.41, 5.74) is 3.21. The van der Waals surface area contributed by atoms with Crippen LogP contribution in [0, 0.1) is 5.82 Å². The van der Waals surface area contributed by atoms with Gasteiger partial charge >= 0.3 is 0 Å². The first-order valence-corrected chi connectivity index (χ1v) is 8.48. The van der Waals surface area contributed by atoms with Gasteiger partial charge in [-0.25, -0.2) is 9.37 Å². The normalized spacial score (nSPS) is 14.3. The van der Waals surface area contributed by atoms with E-state index in [0.717, 1.165) is 23.0 Å². The lowest BCUT2D eigenvalue weighted by molar-refractivity contribution is -0.132. The van der Waals surface area contributed by atoms with E-state index in [1.807, 2.05) is 18.3 Å². The summed E-state index contributed by atoms with van der Waals surface area (Å²) < 4.78 is 18.5. The molecule has 1 amide bonds. The van der Waals surface area contributed by atoms with Crippen molar-refractivity contribution in [3.05, 3.63) is 66.2 Å². The van der Waals surface area contributed by atoms with E-state index in [-0.39, 0.29) is 18.3 Å². The summed E-state index contributed by atoms with van der Waals surface area (Å²) >= 11 is 0. The lowest BCUT2D eigenvalue weighted by atomic mass is 9.99. The number of carbonyl (C=O) groups is 1. The molecule has 1 aliphatic heterocycles. The zero-order valence-electron chi connectivity index (χ0n) is 14.1. The van der Waals surface area contributed by atoms with Crippen molar-refractivity contribution >= 4 is 22.5 Å². The fourth-order valence-corrected chi connectivity index (χ4v) is 3.16. The maximum absolute atomic E-state index is 13.1. The van der Waals surface area contributed by atoms with Crippen LogP contribution in [-0.2, 0) is 4.79 Å². The number of hydrogen-bond donors (Lipinski definition) is 1. The minimum Gasteiger partial charge on any atom is -0.484 e. The highest BCUT2D eigenvalue weighted by Gasteiger charge is 2.20. The Labute approximate surface area is 150 Å². The molecule has 26 heavy (non-hydrogen) atoms. The van der Waals surface area contributed by atoms with Crippen molar-refractivity contribution in [3.8, 4) is 5.75 Å². The van der Waals surface area contributed by atoms with Crippen molar-refractivity contribution in [1.29, 1.82) is 0 Å². The number of hydrogen-bond acceptors (Lipinski definition) is 3. The van der Waals surface area contributed by atoms with Crippen molar-refractivity contribution in [1.82, 2.24) is 14.9 Å². The predicted molar refractivity (Wildman–Crippen MR) is 97.2 cm³/mol. The van der Waals surface area contributed by atoms with Crippen LogP contribution in [0.3, 0.4) is 0 Å². The van der Waals surface area contributed by atoms with Gasteiger partial charge in [-0.1, -0.05) is 12.1 Å². The van der Waals surface area contributed by atoms with E-state index < -0.39 is 0 Å². The largest absolute Gasteiger partial charge is 0.484 e. The molecule has 0 saturated heterocycles. The second-order valence-corrected chi connectivity index (χ2v) is 6.17. The predicted octanol–water partition coefficient (Wildman–Crippen LogP) is 3.40. The Morgan fingerprint density at radius 3 is 3.04 bits per heavy atom. The van der Waals surface area contributed by atoms with Crippen LogP contribution in [0.15, 0.2) is 54.9 Å². The lowest BCUT2D eigenvalue weighted by Crippen LogP contribution is -2.37. The number of ether oxygens (including phenoxy) is 1. The number of rotatable bonds is 4. The minimum atomic E-state index is -0.381. The Bertz CT molecular complexity index is 980. The molecule has 132 valence electrons. The van der Waals surface area contributed by atoms with Crippen molar-refractivity contribution in [2.45, 2.75) is 6.42 Å². The number of halogens is 1. The van der Waals surface area contributed by atoms with E-state index in [1.54, 1.807) is 23.2 Å². The fourth-order valence-electron chi connectivity index (χ4n) is 3.16. The molecular weight excluding hydrogens is 333 g/mol. The molecule has 4 rings (SSSR count). The van der Waals surface area contributed by atoms with Gasteiger partial charge in [0.25, 0.3) is 5.91 Å². The Morgan fingerprint density at radius 2 is 2.23 bits per heavy atom. The van der Waals surface area contributed by atoms with Crippen molar-refractivity contribution in [2.24, 2.45) is 0 Å². The van der Waals surface area contributed by atoms with Gasteiger partial charge in [-0.2, -0.15) is 0 Å². The number of fused-ring (bicyclic) bond motifs is 1. The molecule has 0 radical (unpaired) electrons. The average Bonchev–Trinajstić information content (AvgIpc) is 3.10. The third kappa shape index (κ3) is 3.31. The van der Waals surface area contributed by atoms with Crippen LogP contribution >= 0.6 is 0 Å². The summed E-state index contributed by atoms with van der Waals surface area (Å²) in [6, 6.07) is 9.76. The number of nitrogens with one attached hydrogen (secondary N) is 1. The van der Waals surface area contributed by atoms with Crippen LogP contribution in [0.1, 0.15) is 12.0 Å². The summed E-state index contributed by atoms with van der Waals surface area (Å²) in [5, 5.41) is 1.09. The first-order chi connectivity index (χ1) is 12.7. The number of pyridine rings is 1. The van der Waals surface area contributed by atoms with E-state index in [2.05, 4.69) is 16.0 Å². The first kappa shape index (κ1) is 16.3. The molecule has 3 aromatic rings. The SMILES string of the molecule is O=C(COc1cccc(F)c1)N1CC=C(c2c[nH]c3ncccc23)CC1. The van der Waals surface area contributed by atoms with Crippen molar-refractivity contribution in [3.63, 3.8) is 0 Å². The number of aromatic amines is 1. The summed E-state index contributed by atoms with van der Waals surface area (Å²) in [6.07, 6.45) is 6.57. The summed E-state index contributed by atoms with van der Waals surface area (Å²) in [7, 11) is 0. The van der Waals surface area contributed by atoms with Gasteiger partial charge < -0.3 is 14.6 Å². The molecule has 0 unspecified atom stereocenters. The second-order valence-electron chi connectivity index (χ2n) is 6.17. The summed E-state index contributed by atoms with van der Waals surface area (Å²) in [5.74, 6) is -0.128. The maximum Gasteiger partial charge on any atom is 0.260 e. The number of nitrogens with zero attached hydrogens (tertiary/aromatic N) is 2. The third-order valence-electron chi connectivity index (χ3n) is 4.52. The molecule has 2 aromatic heterocycles. The van der Waals surface area contributed by atoms with E-state index >= 15 is 0 Å². The summed E-state index contributed by atoms with van der Waals surface area (Å²) in [4.78, 5) is 21.6. The van der Waals surface area contributed by atoms with Crippen LogP contribution in [-0.4, -0.2) is 40.5 Å². The molecule has 5 nitrogen and oxygen atoms in total. The van der Waals surface area contributed by atoms with Gasteiger partial charge in [0, 0.05) is 42.5 Å². The average molecular weight is 351 g/mol. The molecule has 0 bridgehead atoms. The summed E-state index contributed by atoms with van der Waals surface area (Å²) in [6.45, 7) is 1.07. The van der Waals surface area contributed by atoms with Gasteiger partial charge in [-0.3, -0.25) is 4.79 Å². The molecule has 3 heterocycles. The Hall–Kier alpha value is -3.15. The number of benzene rings is 1. The smallest absolute Gasteiger partial charge is 0.260 e. The molecular formula is C20H18FN3O2. The fraction of sp³-hybridized carbons (Fsp3) is 0.200. The van der Waals surface area contributed by atoms with Gasteiger partial charge in [0.2, 0.25) is 0 Å². The third-order valence-corrected chi connectivity index (χ3v) is 4.52. The Balaban J connectivity index is 1.40. The molecule has 0 aliphatic carbocycles. The quantitative estimate of drug-likeness (QED) is 0.784. The van der Waals surface area contributed by atoms with Crippen LogP contribution in [0.5, 0.6) is 5.75 Å². The van der Waals surface area contributed by atoms with Crippen molar-refractivity contribution < 1.29 is 13.9 Å². The molecule has 0 spiro atoms. The van der Waals surface area contributed by atoms with Gasteiger partial charge in [-0.15, -0.1) is 0 Å². The van der Waals surface area contributed by atoms with Gasteiger partial charge in [-0.05, 0) is 36.3 Å². The van der Waals surface area contributed by atoms with E-state index in [9.17, 15) is 9.18 Å². The van der Waals surface area contributed by atoms with E-state index in [1.165, 1.54) is 17.7 Å². The maximum atomic E-state index is 13.1. The minimum absolute atomic E-state index is 0.0936. The highest BCUT2D eigenvalue weighted by Crippen LogP contribution is 2.28. The standard InChI is InChI=1S/C20H18FN3O2/c21-15-3-1-4-16(11-15)26-13-19(25)24-9-6-14(7-10-24)18-12-23-20-17(18)5-2-8-22-20/h1-6,8,11-12H,7,9-10,13H2,(H,22,23). The molecule has 1 N–H and O–H groups in total. The number of carbonyl (C=O) groups excluding carboxylic acids is 1. The van der Waals surface area contributed by atoms with Gasteiger partial charge in [0.05, 0.1) is 0 Å². The Morgan fingerprint density at radius 1 is 1.31 bits per heavy atom. The highest BCUT2D eigenvalue weighted by atomic mass is 19.1. The Kier molecular flexibility index (Phi) is 4.39. The van der Waals surface area contributed by atoms with E-state index in [0.29, 0.717) is 18.8 Å². The van der Waals surface area contributed by atoms with Crippen LogP contribution in [0.2, 0.25) is 0 Å². The van der Waals surface area contributed by atoms with Crippen LogP contribution in [0.4, 0.5) is 4.39 Å². The van der Waals surface area contributed by atoms with E-state index in [4.69, 9.17) is 4.74 Å². The highest BCUT2D eigenvalue weighted by molar-refractivity contribution is 5.91. The molecule has 1 aliphatic rings. The molecule has 6 heteroatoms. The molecule has 0 atom stereocenters.